The minimum atomic E-state index is -0.267. The molecule has 2 fully saturated rings. The van der Waals surface area contributed by atoms with E-state index in [4.69, 9.17) is 32.7 Å². The zero-order valence-electron chi connectivity index (χ0n) is 13.0. The third kappa shape index (κ3) is 4.11. The number of carbonyl (C=O) groups excluding carboxylic acids is 1. The first-order valence-electron chi connectivity index (χ1n) is 8.00. The maximum Gasteiger partial charge on any atom is 0.223 e. The van der Waals surface area contributed by atoms with Crippen molar-refractivity contribution in [2.45, 2.75) is 37.4 Å². The van der Waals surface area contributed by atoms with Crippen LogP contribution in [0, 0.1) is 0 Å². The highest BCUT2D eigenvalue weighted by molar-refractivity contribution is 6.30. The van der Waals surface area contributed by atoms with Gasteiger partial charge in [-0.15, -0.1) is 11.6 Å². The Bertz CT molecular complexity index is 551. The number of rotatable bonds is 4. The van der Waals surface area contributed by atoms with Gasteiger partial charge in [0.15, 0.2) is 0 Å². The molecule has 126 valence electrons. The van der Waals surface area contributed by atoms with Crippen LogP contribution in [0.3, 0.4) is 0 Å². The summed E-state index contributed by atoms with van der Waals surface area (Å²) in [6, 6.07) is 7.36. The molecular weight excluding hydrogens is 337 g/mol. The maximum absolute atomic E-state index is 12.1. The Morgan fingerprint density at radius 2 is 2.17 bits per heavy atom. The number of hydrogen-bond donors (Lipinski definition) is 0. The van der Waals surface area contributed by atoms with Gasteiger partial charge in [-0.05, 0) is 37.1 Å². The summed E-state index contributed by atoms with van der Waals surface area (Å²) in [5, 5.41) is 0.692. The lowest BCUT2D eigenvalue weighted by Crippen LogP contribution is -2.50. The van der Waals surface area contributed by atoms with Crippen molar-refractivity contribution in [3.8, 4) is 5.75 Å². The molecular formula is C17H21Cl2NO3. The molecule has 2 saturated heterocycles. The van der Waals surface area contributed by atoms with E-state index in [1.165, 1.54) is 0 Å². The molecule has 0 bridgehead atoms. The highest BCUT2D eigenvalue weighted by Crippen LogP contribution is 2.36. The van der Waals surface area contributed by atoms with Crippen LogP contribution >= 0.6 is 23.2 Å². The molecule has 3 rings (SSSR count). The van der Waals surface area contributed by atoms with E-state index in [2.05, 4.69) is 0 Å². The Hall–Kier alpha value is -0.970. The second-order valence-electron chi connectivity index (χ2n) is 6.25. The summed E-state index contributed by atoms with van der Waals surface area (Å²) in [6.45, 7) is 1.99. The normalized spacial score (nSPS) is 27.4. The van der Waals surface area contributed by atoms with Crippen molar-refractivity contribution < 1.29 is 14.3 Å². The molecule has 23 heavy (non-hydrogen) atoms. The number of hydrogen-bond acceptors (Lipinski definition) is 3. The molecule has 1 amide bonds. The Morgan fingerprint density at radius 1 is 1.39 bits per heavy atom. The van der Waals surface area contributed by atoms with E-state index >= 15 is 0 Å². The van der Waals surface area contributed by atoms with Crippen LogP contribution in [0.2, 0.25) is 5.02 Å². The Balaban J connectivity index is 1.59. The zero-order chi connectivity index (χ0) is 16.3. The summed E-state index contributed by atoms with van der Waals surface area (Å²) in [6.07, 6.45) is 3.14. The largest absolute Gasteiger partial charge is 0.488 e. The summed E-state index contributed by atoms with van der Waals surface area (Å²) < 4.78 is 12.1. The van der Waals surface area contributed by atoms with Gasteiger partial charge < -0.3 is 14.4 Å². The minimum absolute atomic E-state index is 0.0132. The second-order valence-corrected chi connectivity index (χ2v) is 7.06. The molecule has 0 aliphatic carbocycles. The van der Waals surface area contributed by atoms with Crippen molar-refractivity contribution in [3.63, 3.8) is 0 Å². The quantitative estimate of drug-likeness (QED) is 0.774. The smallest absolute Gasteiger partial charge is 0.223 e. The lowest BCUT2D eigenvalue weighted by atomic mass is 9.89. The summed E-state index contributed by atoms with van der Waals surface area (Å²) in [4.78, 5) is 14.0. The van der Waals surface area contributed by atoms with Crippen molar-refractivity contribution in [1.82, 2.24) is 4.90 Å². The van der Waals surface area contributed by atoms with Crippen LogP contribution in [-0.4, -0.2) is 48.1 Å². The molecule has 6 heteroatoms. The molecule has 4 nitrogen and oxygen atoms in total. The SMILES string of the molecule is O=C(CCCl)N1CCC[C@]2(C[C@@H](Oc3ccc(Cl)cc3)CO2)C1. The zero-order valence-corrected chi connectivity index (χ0v) is 14.5. The molecule has 0 unspecified atom stereocenters. The number of halogens is 2. The highest BCUT2D eigenvalue weighted by Gasteiger charge is 2.45. The third-order valence-corrected chi connectivity index (χ3v) is 4.93. The predicted octanol–water partition coefficient (Wildman–Crippen LogP) is 3.50. The maximum atomic E-state index is 12.1. The van der Waals surface area contributed by atoms with Gasteiger partial charge in [-0.25, -0.2) is 0 Å². The number of ether oxygens (including phenoxy) is 2. The first-order chi connectivity index (χ1) is 11.1. The monoisotopic (exact) mass is 357 g/mol. The fourth-order valence-electron chi connectivity index (χ4n) is 3.42. The van der Waals surface area contributed by atoms with Gasteiger partial charge in [-0.2, -0.15) is 0 Å². The van der Waals surface area contributed by atoms with E-state index in [1.54, 1.807) is 0 Å². The van der Waals surface area contributed by atoms with E-state index in [1.807, 2.05) is 29.2 Å². The van der Waals surface area contributed by atoms with Crippen molar-refractivity contribution in [2.75, 3.05) is 25.6 Å². The van der Waals surface area contributed by atoms with Crippen LogP contribution in [-0.2, 0) is 9.53 Å². The van der Waals surface area contributed by atoms with Gasteiger partial charge in [0.1, 0.15) is 11.9 Å². The van der Waals surface area contributed by atoms with Crippen molar-refractivity contribution in [1.29, 1.82) is 0 Å². The molecule has 1 spiro atoms. The minimum Gasteiger partial charge on any atom is -0.488 e. The topological polar surface area (TPSA) is 38.8 Å². The van der Waals surface area contributed by atoms with E-state index in [0.29, 0.717) is 30.5 Å². The van der Waals surface area contributed by atoms with E-state index in [0.717, 1.165) is 31.6 Å². The van der Waals surface area contributed by atoms with Gasteiger partial charge in [-0.3, -0.25) is 4.79 Å². The van der Waals surface area contributed by atoms with Gasteiger partial charge in [0.25, 0.3) is 0 Å². The van der Waals surface area contributed by atoms with E-state index < -0.39 is 0 Å². The molecule has 2 atom stereocenters. The summed E-state index contributed by atoms with van der Waals surface area (Å²) in [5.74, 6) is 1.28. The van der Waals surface area contributed by atoms with Crippen LogP contribution < -0.4 is 4.74 Å². The van der Waals surface area contributed by atoms with Crippen LogP contribution in [0.5, 0.6) is 5.75 Å². The van der Waals surface area contributed by atoms with Gasteiger partial charge >= 0.3 is 0 Å². The third-order valence-electron chi connectivity index (χ3n) is 4.49. The van der Waals surface area contributed by atoms with E-state index in [-0.39, 0.29) is 17.6 Å². The molecule has 2 aliphatic rings. The summed E-state index contributed by atoms with van der Waals surface area (Å²) in [7, 11) is 0. The molecule has 1 aromatic carbocycles. The molecule has 0 radical (unpaired) electrons. The number of likely N-dealkylation sites (tertiary alicyclic amines) is 1. The van der Waals surface area contributed by atoms with Gasteiger partial charge in [-0.1, -0.05) is 11.6 Å². The summed E-state index contributed by atoms with van der Waals surface area (Å²) in [5.41, 5.74) is -0.267. The standard InChI is InChI=1S/C17H21Cl2NO3/c18-8-6-16(21)20-9-1-7-17(12-20)10-15(11-22-17)23-14-4-2-13(19)3-5-14/h2-5,15H,1,6-12H2/t15-,17+/m1/s1. The molecule has 2 aliphatic heterocycles. The average Bonchev–Trinajstić information content (AvgIpc) is 2.92. The fraction of sp³-hybridized carbons (Fsp3) is 0.588. The van der Waals surface area contributed by atoms with Crippen LogP contribution in [0.1, 0.15) is 25.7 Å². The van der Waals surface area contributed by atoms with Gasteiger partial charge in [0, 0.05) is 36.8 Å². The average molecular weight is 358 g/mol. The first kappa shape index (κ1) is 16.9. The van der Waals surface area contributed by atoms with Crippen molar-refractivity contribution in [2.24, 2.45) is 0 Å². The highest BCUT2D eigenvalue weighted by atomic mass is 35.5. The molecule has 0 saturated carbocycles. The predicted molar refractivity (Wildman–Crippen MR) is 90.3 cm³/mol. The number of piperidine rings is 1. The van der Waals surface area contributed by atoms with Crippen LogP contribution in [0.15, 0.2) is 24.3 Å². The molecule has 1 aromatic rings. The number of benzene rings is 1. The van der Waals surface area contributed by atoms with Gasteiger partial charge in [0.05, 0.1) is 12.2 Å². The summed E-state index contributed by atoms with van der Waals surface area (Å²) >= 11 is 11.6. The lowest BCUT2D eigenvalue weighted by molar-refractivity contribution is -0.138. The number of alkyl halides is 1. The van der Waals surface area contributed by atoms with Gasteiger partial charge in [0.2, 0.25) is 5.91 Å². The number of amides is 1. The van der Waals surface area contributed by atoms with Crippen molar-refractivity contribution >= 4 is 29.1 Å². The Kier molecular flexibility index (Phi) is 5.34. The number of nitrogens with zero attached hydrogens (tertiary/aromatic N) is 1. The van der Waals surface area contributed by atoms with Crippen LogP contribution in [0.4, 0.5) is 0 Å². The molecule has 2 heterocycles. The fourth-order valence-corrected chi connectivity index (χ4v) is 3.71. The van der Waals surface area contributed by atoms with Crippen LogP contribution in [0.25, 0.3) is 0 Å². The first-order valence-corrected chi connectivity index (χ1v) is 8.91. The Labute approximate surface area is 146 Å². The Morgan fingerprint density at radius 3 is 2.91 bits per heavy atom. The molecule has 0 N–H and O–H groups in total. The second kappa shape index (κ2) is 7.29. The van der Waals surface area contributed by atoms with E-state index in [9.17, 15) is 4.79 Å². The molecule has 0 aromatic heterocycles. The lowest BCUT2D eigenvalue weighted by Gasteiger charge is -2.39. The number of carbonyl (C=O) groups is 1. The van der Waals surface area contributed by atoms with Crippen molar-refractivity contribution in [3.05, 3.63) is 29.3 Å².